The van der Waals surface area contributed by atoms with Gasteiger partial charge < -0.3 is 5.73 Å². The lowest BCUT2D eigenvalue weighted by Gasteiger charge is -2.12. The zero-order valence-electron chi connectivity index (χ0n) is 6.96. The highest BCUT2D eigenvalue weighted by Gasteiger charge is 2.42. The van der Waals surface area contributed by atoms with Crippen LogP contribution in [-0.4, -0.2) is 27.3 Å². The Bertz CT molecular complexity index is 274. The topological polar surface area (TPSA) is 72.2 Å². The predicted octanol–water partition coefficient (Wildman–Crippen LogP) is -0.133. The van der Waals surface area contributed by atoms with Crippen molar-refractivity contribution in [2.45, 2.75) is 18.6 Å². The summed E-state index contributed by atoms with van der Waals surface area (Å²) in [7, 11) is -4.44. The van der Waals surface area contributed by atoms with Gasteiger partial charge in [-0.2, -0.15) is 8.78 Å². The zero-order valence-corrected chi connectivity index (χ0v) is 7.78. The highest BCUT2D eigenvalue weighted by molar-refractivity contribution is 7.89. The van der Waals surface area contributed by atoms with E-state index >= 15 is 0 Å². The van der Waals surface area contributed by atoms with Gasteiger partial charge in [0.2, 0.25) is 0 Å². The van der Waals surface area contributed by atoms with E-state index in [1.165, 1.54) is 0 Å². The van der Waals surface area contributed by atoms with Gasteiger partial charge in [0.15, 0.2) is 0 Å². The first-order valence-electron chi connectivity index (χ1n) is 3.89. The lowest BCUT2D eigenvalue weighted by Crippen LogP contribution is -2.36. The van der Waals surface area contributed by atoms with Crippen molar-refractivity contribution in [3.63, 3.8) is 0 Å². The molecule has 0 radical (unpaired) electrons. The van der Waals surface area contributed by atoms with E-state index in [1.807, 2.05) is 4.72 Å². The first kappa shape index (κ1) is 10.8. The maximum Gasteiger partial charge on any atom is 0.350 e. The molecule has 0 bridgehead atoms. The largest absolute Gasteiger partial charge is 0.350 e. The van der Waals surface area contributed by atoms with Crippen LogP contribution in [0.25, 0.3) is 0 Å². The minimum Gasteiger partial charge on any atom is -0.330 e. The summed E-state index contributed by atoms with van der Waals surface area (Å²) in [6.45, 7) is 0.356. The molecule has 1 rings (SSSR count). The summed E-state index contributed by atoms with van der Waals surface area (Å²) < 4.78 is 46.8. The van der Waals surface area contributed by atoms with Gasteiger partial charge in [0.25, 0.3) is 10.0 Å². The van der Waals surface area contributed by atoms with Crippen LogP contribution in [0.5, 0.6) is 0 Å². The smallest absolute Gasteiger partial charge is 0.330 e. The normalized spacial score (nSPS) is 20.6. The molecule has 3 N–H and O–H groups in total. The lowest BCUT2D eigenvalue weighted by atomic mass is 10.1. The van der Waals surface area contributed by atoms with Gasteiger partial charge in [-0.15, -0.1) is 0 Å². The molecule has 0 heterocycles. The number of hydrogen-bond acceptors (Lipinski definition) is 3. The summed E-state index contributed by atoms with van der Waals surface area (Å²) in [4.78, 5) is 0. The molecule has 0 atom stereocenters. The third-order valence-corrected chi connectivity index (χ3v) is 3.29. The van der Waals surface area contributed by atoms with Crippen LogP contribution in [0, 0.1) is 5.41 Å². The Morgan fingerprint density at radius 2 is 2.00 bits per heavy atom. The second kappa shape index (κ2) is 3.47. The first-order valence-corrected chi connectivity index (χ1v) is 5.43. The Morgan fingerprint density at radius 1 is 1.46 bits per heavy atom. The minimum absolute atomic E-state index is 0.0240. The van der Waals surface area contributed by atoms with Crippen molar-refractivity contribution in [2.24, 2.45) is 11.1 Å². The zero-order chi connectivity index (χ0) is 10.1. The highest BCUT2D eigenvalue weighted by Crippen LogP contribution is 2.43. The Morgan fingerprint density at radius 3 is 2.31 bits per heavy atom. The fourth-order valence-electron chi connectivity index (χ4n) is 0.947. The average molecular weight is 214 g/mol. The van der Waals surface area contributed by atoms with E-state index in [9.17, 15) is 17.2 Å². The molecule has 0 aromatic heterocycles. The van der Waals surface area contributed by atoms with E-state index in [0.717, 1.165) is 12.8 Å². The molecule has 0 aromatic rings. The van der Waals surface area contributed by atoms with Crippen LogP contribution in [0.4, 0.5) is 8.78 Å². The molecule has 4 nitrogen and oxygen atoms in total. The summed E-state index contributed by atoms with van der Waals surface area (Å²) in [6, 6.07) is 0. The van der Waals surface area contributed by atoms with Crippen LogP contribution in [0.1, 0.15) is 12.8 Å². The standard InChI is InChI=1S/C6H12F2N2O2S/c7-5(8)13(11,12)10-4-6(3-9)1-2-6/h5,10H,1-4,9H2. The SMILES string of the molecule is NCC1(CNS(=O)(=O)C(F)F)CC1. The molecule has 1 fully saturated rings. The molecule has 0 spiro atoms. The third-order valence-electron chi connectivity index (χ3n) is 2.27. The second-order valence-electron chi connectivity index (χ2n) is 3.33. The molecule has 1 aliphatic rings. The summed E-state index contributed by atoms with van der Waals surface area (Å²) >= 11 is 0. The highest BCUT2D eigenvalue weighted by atomic mass is 32.2. The lowest BCUT2D eigenvalue weighted by molar-refractivity contribution is 0.231. The van der Waals surface area contributed by atoms with Gasteiger partial charge in [0.1, 0.15) is 0 Å². The van der Waals surface area contributed by atoms with Crippen molar-refractivity contribution in [2.75, 3.05) is 13.1 Å². The molecule has 7 heteroatoms. The van der Waals surface area contributed by atoms with Gasteiger partial charge in [-0.3, -0.25) is 0 Å². The maximum absolute atomic E-state index is 11.8. The summed E-state index contributed by atoms with van der Waals surface area (Å²) in [5.41, 5.74) is 5.09. The van der Waals surface area contributed by atoms with Crippen molar-refractivity contribution >= 4 is 10.0 Å². The number of halogens is 2. The summed E-state index contributed by atoms with van der Waals surface area (Å²) in [5, 5.41) is 0. The number of sulfonamides is 1. The molecular weight excluding hydrogens is 202 g/mol. The fraction of sp³-hybridized carbons (Fsp3) is 1.00. The van der Waals surface area contributed by atoms with Crippen LogP contribution in [0.3, 0.4) is 0 Å². The first-order chi connectivity index (χ1) is 5.92. The minimum atomic E-state index is -4.44. The van der Waals surface area contributed by atoms with Gasteiger partial charge >= 0.3 is 5.76 Å². The van der Waals surface area contributed by atoms with Gasteiger partial charge in [-0.05, 0) is 24.8 Å². The Balaban J connectivity index is 2.43. The Kier molecular flexibility index (Phi) is 2.88. The van der Waals surface area contributed by atoms with Crippen LogP contribution in [0.2, 0.25) is 0 Å². The molecule has 0 saturated heterocycles. The number of nitrogens with one attached hydrogen (secondary N) is 1. The monoisotopic (exact) mass is 214 g/mol. The fourth-order valence-corrected chi connectivity index (χ4v) is 1.58. The molecule has 13 heavy (non-hydrogen) atoms. The molecule has 1 saturated carbocycles. The van der Waals surface area contributed by atoms with Gasteiger partial charge in [-0.1, -0.05) is 0 Å². The van der Waals surface area contributed by atoms with E-state index < -0.39 is 15.8 Å². The molecule has 0 amide bonds. The molecular formula is C6H12F2N2O2S. The summed E-state index contributed by atoms with van der Waals surface area (Å²) in [6.07, 6.45) is 1.60. The molecule has 78 valence electrons. The van der Waals surface area contributed by atoms with Crippen molar-refractivity contribution in [3.05, 3.63) is 0 Å². The van der Waals surface area contributed by atoms with E-state index in [-0.39, 0.29) is 12.0 Å². The van der Waals surface area contributed by atoms with Crippen molar-refractivity contribution in [1.29, 1.82) is 0 Å². The molecule has 0 aliphatic heterocycles. The molecule has 1 aliphatic carbocycles. The van der Waals surface area contributed by atoms with Crippen LogP contribution < -0.4 is 10.5 Å². The predicted molar refractivity (Wildman–Crippen MR) is 43.6 cm³/mol. The van der Waals surface area contributed by atoms with E-state index in [1.54, 1.807) is 0 Å². The molecule has 0 unspecified atom stereocenters. The average Bonchev–Trinajstić information content (AvgIpc) is 2.81. The van der Waals surface area contributed by atoms with Crippen LogP contribution in [0.15, 0.2) is 0 Å². The van der Waals surface area contributed by atoms with Gasteiger partial charge in [-0.25, -0.2) is 13.1 Å². The van der Waals surface area contributed by atoms with E-state index in [4.69, 9.17) is 5.73 Å². The Hall–Kier alpha value is -0.270. The number of alkyl halides is 2. The van der Waals surface area contributed by atoms with Crippen molar-refractivity contribution in [1.82, 2.24) is 4.72 Å². The van der Waals surface area contributed by atoms with Crippen molar-refractivity contribution in [3.8, 4) is 0 Å². The van der Waals surface area contributed by atoms with Gasteiger partial charge in [0, 0.05) is 6.54 Å². The second-order valence-corrected chi connectivity index (χ2v) is 5.07. The maximum atomic E-state index is 11.8. The number of nitrogens with two attached hydrogens (primary N) is 1. The van der Waals surface area contributed by atoms with E-state index in [2.05, 4.69) is 0 Å². The van der Waals surface area contributed by atoms with Crippen LogP contribution in [-0.2, 0) is 10.0 Å². The van der Waals surface area contributed by atoms with Crippen molar-refractivity contribution < 1.29 is 17.2 Å². The van der Waals surface area contributed by atoms with Crippen LogP contribution >= 0.6 is 0 Å². The third kappa shape index (κ3) is 2.58. The Labute approximate surface area is 75.5 Å². The number of hydrogen-bond donors (Lipinski definition) is 2. The quantitative estimate of drug-likeness (QED) is 0.669. The summed E-state index contributed by atoms with van der Waals surface area (Å²) in [5.74, 6) is -3.36. The number of rotatable bonds is 5. The van der Waals surface area contributed by atoms with E-state index in [0.29, 0.717) is 6.54 Å². The van der Waals surface area contributed by atoms with Gasteiger partial charge in [0.05, 0.1) is 0 Å². The molecule has 0 aromatic carbocycles.